The van der Waals surface area contributed by atoms with Gasteiger partial charge in [-0.05, 0) is 36.6 Å². The Hall–Kier alpha value is -3.14. The van der Waals surface area contributed by atoms with E-state index in [1.807, 2.05) is 61.1 Å². The van der Waals surface area contributed by atoms with E-state index in [0.717, 1.165) is 16.7 Å². The topological polar surface area (TPSA) is 44.1 Å². The van der Waals surface area contributed by atoms with E-state index in [1.54, 1.807) is 6.20 Å². The lowest BCUT2D eigenvalue weighted by Gasteiger charge is -2.22. The van der Waals surface area contributed by atoms with Crippen LogP contribution >= 0.6 is 0 Å². The van der Waals surface area contributed by atoms with Gasteiger partial charge in [-0.15, -0.1) is 0 Å². The van der Waals surface area contributed by atoms with Crippen molar-refractivity contribution in [2.75, 3.05) is 6.61 Å². The third-order valence-electron chi connectivity index (χ3n) is 4.64. The highest BCUT2D eigenvalue weighted by molar-refractivity contribution is 6.15. The van der Waals surface area contributed by atoms with Gasteiger partial charge in [0.05, 0.1) is 18.3 Å². The van der Waals surface area contributed by atoms with Crippen LogP contribution in [0.5, 0.6) is 5.75 Å². The normalized spacial score (nSPS) is 15.0. The van der Waals surface area contributed by atoms with Crippen molar-refractivity contribution in [1.29, 1.82) is 0 Å². The molecule has 0 N–H and O–H groups in total. The van der Waals surface area contributed by atoms with Crippen LogP contribution in [0.2, 0.25) is 0 Å². The summed E-state index contributed by atoms with van der Waals surface area (Å²) in [7, 11) is 0. The van der Waals surface area contributed by atoms with E-state index in [9.17, 15) is 4.79 Å². The Morgan fingerprint density at radius 3 is 2.69 bits per heavy atom. The molecule has 1 aliphatic rings. The van der Waals surface area contributed by atoms with Gasteiger partial charge in [0, 0.05) is 17.3 Å². The largest absolute Gasteiger partial charge is 0.488 e. The SMILES string of the molecule is Cc1ccc(C)c2c1OCC(=Cc1cnn(Cc3ccccc3)c1)C2=O. The second-order valence-corrected chi connectivity index (χ2v) is 6.65. The lowest BCUT2D eigenvalue weighted by atomic mass is 9.93. The van der Waals surface area contributed by atoms with E-state index in [1.165, 1.54) is 5.56 Å². The maximum absolute atomic E-state index is 12.9. The van der Waals surface area contributed by atoms with Crippen molar-refractivity contribution in [3.63, 3.8) is 0 Å². The molecule has 26 heavy (non-hydrogen) atoms. The standard InChI is InChI=1S/C22H20N2O2/c1-15-8-9-16(2)22-20(15)21(25)19(14-26-22)10-18-11-23-24(13-18)12-17-6-4-3-5-7-17/h3-11,13H,12,14H2,1-2H3. The van der Waals surface area contributed by atoms with Gasteiger partial charge in [-0.3, -0.25) is 9.48 Å². The smallest absolute Gasteiger partial charge is 0.196 e. The summed E-state index contributed by atoms with van der Waals surface area (Å²) in [5, 5.41) is 4.40. The number of carbonyl (C=O) groups excluding carboxylic acids is 1. The number of hydrogen-bond donors (Lipinski definition) is 0. The van der Waals surface area contributed by atoms with Crippen molar-refractivity contribution < 1.29 is 9.53 Å². The Morgan fingerprint density at radius 2 is 1.88 bits per heavy atom. The fourth-order valence-electron chi connectivity index (χ4n) is 3.25. The molecule has 0 radical (unpaired) electrons. The maximum Gasteiger partial charge on any atom is 0.196 e. The molecule has 0 atom stereocenters. The first-order valence-electron chi connectivity index (χ1n) is 8.66. The number of aryl methyl sites for hydroxylation is 2. The Bertz CT molecular complexity index is 1000. The van der Waals surface area contributed by atoms with Crippen LogP contribution in [0.3, 0.4) is 0 Å². The van der Waals surface area contributed by atoms with Crippen molar-refractivity contribution in [3.8, 4) is 5.75 Å². The average molecular weight is 344 g/mol. The number of ether oxygens (including phenoxy) is 1. The lowest BCUT2D eigenvalue weighted by molar-refractivity contribution is 0.0999. The molecule has 4 rings (SSSR count). The Morgan fingerprint density at radius 1 is 1.12 bits per heavy atom. The van der Waals surface area contributed by atoms with Crippen LogP contribution in [0.4, 0.5) is 0 Å². The molecule has 0 spiro atoms. The first-order chi connectivity index (χ1) is 12.6. The average Bonchev–Trinajstić information content (AvgIpc) is 3.08. The third kappa shape index (κ3) is 3.06. The molecule has 3 aromatic rings. The first-order valence-corrected chi connectivity index (χ1v) is 8.66. The highest BCUT2D eigenvalue weighted by atomic mass is 16.5. The fourth-order valence-corrected chi connectivity index (χ4v) is 3.25. The summed E-state index contributed by atoms with van der Waals surface area (Å²) in [5.74, 6) is 0.759. The molecule has 0 unspecified atom stereocenters. The Balaban J connectivity index is 1.60. The number of fused-ring (bicyclic) bond motifs is 1. The zero-order valence-corrected chi connectivity index (χ0v) is 14.9. The van der Waals surface area contributed by atoms with Crippen molar-refractivity contribution in [1.82, 2.24) is 9.78 Å². The maximum atomic E-state index is 12.9. The van der Waals surface area contributed by atoms with Crippen LogP contribution in [-0.2, 0) is 6.54 Å². The van der Waals surface area contributed by atoms with Gasteiger partial charge < -0.3 is 4.74 Å². The molecule has 0 saturated carbocycles. The number of Topliss-reactive ketones (excluding diaryl/α,β-unsaturated/α-hetero) is 1. The molecule has 2 aromatic carbocycles. The summed E-state index contributed by atoms with van der Waals surface area (Å²) in [5.41, 5.74) is 5.37. The minimum Gasteiger partial charge on any atom is -0.488 e. The zero-order valence-electron chi connectivity index (χ0n) is 14.9. The molecule has 4 heteroatoms. The minimum atomic E-state index is 0.0447. The minimum absolute atomic E-state index is 0.0447. The van der Waals surface area contributed by atoms with E-state index in [-0.39, 0.29) is 5.78 Å². The van der Waals surface area contributed by atoms with Gasteiger partial charge in [-0.25, -0.2) is 0 Å². The Kier molecular flexibility index (Phi) is 4.17. The molecule has 0 bridgehead atoms. The number of aromatic nitrogens is 2. The van der Waals surface area contributed by atoms with Crippen molar-refractivity contribution >= 4 is 11.9 Å². The van der Waals surface area contributed by atoms with E-state index in [0.29, 0.717) is 30.0 Å². The second kappa shape index (κ2) is 6.64. The molecule has 0 fully saturated rings. The summed E-state index contributed by atoms with van der Waals surface area (Å²) in [4.78, 5) is 12.9. The first kappa shape index (κ1) is 16.3. The van der Waals surface area contributed by atoms with Gasteiger partial charge in [-0.1, -0.05) is 42.5 Å². The summed E-state index contributed by atoms with van der Waals surface area (Å²) < 4.78 is 7.75. The molecule has 0 amide bonds. The molecule has 0 aliphatic carbocycles. The van der Waals surface area contributed by atoms with Crippen molar-refractivity contribution in [3.05, 3.63) is 88.2 Å². The lowest BCUT2D eigenvalue weighted by Crippen LogP contribution is -2.21. The van der Waals surface area contributed by atoms with E-state index < -0.39 is 0 Å². The zero-order chi connectivity index (χ0) is 18.1. The van der Waals surface area contributed by atoms with E-state index in [4.69, 9.17) is 4.74 Å². The van der Waals surface area contributed by atoms with Gasteiger partial charge in [0.2, 0.25) is 0 Å². The Labute approximate surface area is 152 Å². The number of nitrogens with zero attached hydrogens (tertiary/aromatic N) is 2. The summed E-state index contributed by atoms with van der Waals surface area (Å²) in [6.07, 6.45) is 5.61. The fraction of sp³-hybridized carbons (Fsp3) is 0.182. The van der Waals surface area contributed by atoms with Crippen molar-refractivity contribution in [2.24, 2.45) is 0 Å². The van der Waals surface area contributed by atoms with E-state index >= 15 is 0 Å². The summed E-state index contributed by atoms with van der Waals surface area (Å²) >= 11 is 0. The van der Waals surface area contributed by atoms with Crippen LogP contribution in [0.1, 0.15) is 32.6 Å². The van der Waals surface area contributed by atoms with Gasteiger partial charge in [0.15, 0.2) is 5.78 Å². The number of benzene rings is 2. The molecule has 0 saturated heterocycles. The molecule has 4 nitrogen and oxygen atoms in total. The van der Waals surface area contributed by atoms with Crippen LogP contribution < -0.4 is 4.74 Å². The number of rotatable bonds is 3. The van der Waals surface area contributed by atoms with Gasteiger partial charge >= 0.3 is 0 Å². The molecule has 1 aromatic heterocycles. The van der Waals surface area contributed by atoms with Crippen LogP contribution in [0.15, 0.2) is 60.4 Å². The molecule has 130 valence electrons. The van der Waals surface area contributed by atoms with Gasteiger partial charge in [-0.2, -0.15) is 5.10 Å². The van der Waals surface area contributed by atoms with Crippen LogP contribution in [-0.4, -0.2) is 22.2 Å². The van der Waals surface area contributed by atoms with Gasteiger partial charge in [0.25, 0.3) is 0 Å². The van der Waals surface area contributed by atoms with E-state index in [2.05, 4.69) is 17.2 Å². The third-order valence-corrected chi connectivity index (χ3v) is 4.64. The monoisotopic (exact) mass is 344 g/mol. The second-order valence-electron chi connectivity index (χ2n) is 6.65. The highest BCUT2D eigenvalue weighted by Crippen LogP contribution is 2.33. The molecule has 2 heterocycles. The predicted molar refractivity (Wildman–Crippen MR) is 101 cm³/mol. The number of ketones is 1. The molecule has 1 aliphatic heterocycles. The van der Waals surface area contributed by atoms with Crippen molar-refractivity contribution in [2.45, 2.75) is 20.4 Å². The summed E-state index contributed by atoms with van der Waals surface area (Å²) in [6.45, 7) is 4.91. The number of carbonyl (C=O) groups is 1. The number of hydrogen-bond acceptors (Lipinski definition) is 3. The molecular weight excluding hydrogens is 324 g/mol. The highest BCUT2D eigenvalue weighted by Gasteiger charge is 2.26. The summed E-state index contributed by atoms with van der Waals surface area (Å²) in [6, 6.07) is 14.1. The van der Waals surface area contributed by atoms with Crippen LogP contribution in [0.25, 0.3) is 6.08 Å². The van der Waals surface area contributed by atoms with Crippen LogP contribution in [0, 0.1) is 13.8 Å². The van der Waals surface area contributed by atoms with Gasteiger partial charge in [0.1, 0.15) is 12.4 Å². The molecular formula is C22H20N2O2. The predicted octanol–water partition coefficient (Wildman–Crippen LogP) is 4.21. The quantitative estimate of drug-likeness (QED) is 0.669.